The van der Waals surface area contributed by atoms with Gasteiger partial charge in [0.1, 0.15) is 0 Å². The molecule has 4 rings (SSSR count). The highest BCUT2D eigenvalue weighted by molar-refractivity contribution is 6.30. The van der Waals surface area contributed by atoms with Crippen molar-refractivity contribution in [2.45, 2.75) is 38.3 Å². The molecule has 124 valence electrons. The van der Waals surface area contributed by atoms with Gasteiger partial charge in [-0.25, -0.2) is 0 Å². The molecule has 4 heteroatoms. The molecule has 1 fully saturated rings. The molecule has 1 saturated heterocycles. The second kappa shape index (κ2) is 6.14. The standard InChI is InChI=1S/C20H21ClN2O/c1-13-4-9-17-16(11-13)19(23-10-2-3-20(23)24)12-18(22-17)14-5-7-15(21)8-6-14/h4-9,11,18-19,22H,2-3,10,12H2,1H3/t18-,19-/m0/s1. The zero-order valence-electron chi connectivity index (χ0n) is 13.8. The summed E-state index contributed by atoms with van der Waals surface area (Å²) in [7, 11) is 0. The zero-order chi connectivity index (χ0) is 16.7. The van der Waals surface area contributed by atoms with E-state index in [4.69, 9.17) is 11.6 Å². The van der Waals surface area contributed by atoms with Crippen LogP contribution in [0.3, 0.4) is 0 Å². The highest BCUT2D eigenvalue weighted by Gasteiger charge is 2.35. The van der Waals surface area contributed by atoms with Gasteiger partial charge in [-0.05, 0) is 49.1 Å². The van der Waals surface area contributed by atoms with Gasteiger partial charge in [-0.1, -0.05) is 41.4 Å². The van der Waals surface area contributed by atoms with E-state index < -0.39 is 0 Å². The van der Waals surface area contributed by atoms with E-state index in [-0.39, 0.29) is 18.0 Å². The molecular formula is C20H21ClN2O. The van der Waals surface area contributed by atoms with Gasteiger partial charge in [-0.3, -0.25) is 4.79 Å². The van der Waals surface area contributed by atoms with Gasteiger partial charge >= 0.3 is 0 Å². The van der Waals surface area contributed by atoms with Crippen LogP contribution in [0.25, 0.3) is 0 Å². The number of nitrogens with one attached hydrogen (secondary N) is 1. The fourth-order valence-corrected chi connectivity index (χ4v) is 4.02. The first-order valence-corrected chi connectivity index (χ1v) is 8.91. The van der Waals surface area contributed by atoms with Crippen LogP contribution in [0.2, 0.25) is 5.02 Å². The summed E-state index contributed by atoms with van der Waals surface area (Å²) in [5.74, 6) is 0.282. The normalized spacial score (nSPS) is 23.1. The molecule has 0 saturated carbocycles. The third-order valence-corrected chi connectivity index (χ3v) is 5.37. The van der Waals surface area contributed by atoms with Gasteiger partial charge in [-0.2, -0.15) is 0 Å². The number of rotatable bonds is 2. The predicted molar refractivity (Wildman–Crippen MR) is 97.3 cm³/mol. The van der Waals surface area contributed by atoms with Crippen LogP contribution in [0.4, 0.5) is 5.69 Å². The zero-order valence-corrected chi connectivity index (χ0v) is 14.5. The minimum Gasteiger partial charge on any atom is -0.378 e. The smallest absolute Gasteiger partial charge is 0.223 e. The van der Waals surface area contributed by atoms with Crippen LogP contribution in [0.5, 0.6) is 0 Å². The second-order valence-electron chi connectivity index (χ2n) is 6.78. The minimum atomic E-state index is 0.150. The predicted octanol–water partition coefficient (Wildman–Crippen LogP) is 4.87. The number of fused-ring (bicyclic) bond motifs is 1. The first kappa shape index (κ1) is 15.5. The highest BCUT2D eigenvalue weighted by Crippen LogP contribution is 2.43. The van der Waals surface area contributed by atoms with Gasteiger partial charge in [-0.15, -0.1) is 0 Å². The molecule has 2 aromatic carbocycles. The quantitative estimate of drug-likeness (QED) is 0.846. The van der Waals surface area contributed by atoms with Crippen molar-refractivity contribution in [1.82, 2.24) is 4.90 Å². The Morgan fingerprint density at radius 2 is 1.96 bits per heavy atom. The summed E-state index contributed by atoms with van der Waals surface area (Å²) in [4.78, 5) is 14.4. The van der Waals surface area contributed by atoms with Crippen LogP contribution in [0.15, 0.2) is 42.5 Å². The molecule has 0 aromatic heterocycles. The molecule has 2 atom stereocenters. The maximum Gasteiger partial charge on any atom is 0.223 e. The number of hydrogen-bond acceptors (Lipinski definition) is 2. The summed E-state index contributed by atoms with van der Waals surface area (Å²) >= 11 is 6.03. The minimum absolute atomic E-state index is 0.150. The monoisotopic (exact) mass is 340 g/mol. The summed E-state index contributed by atoms with van der Waals surface area (Å²) in [5, 5.41) is 4.39. The Labute approximate surface area is 147 Å². The average Bonchev–Trinajstić information content (AvgIpc) is 3.00. The van der Waals surface area contributed by atoms with Gasteiger partial charge in [0.2, 0.25) is 5.91 Å². The third-order valence-electron chi connectivity index (χ3n) is 5.11. The lowest BCUT2D eigenvalue weighted by Crippen LogP contribution is -2.35. The summed E-state index contributed by atoms with van der Waals surface area (Å²) in [6.45, 7) is 2.97. The van der Waals surface area contributed by atoms with Gasteiger partial charge in [0, 0.05) is 23.7 Å². The summed E-state index contributed by atoms with van der Waals surface area (Å²) in [6.07, 6.45) is 2.54. The van der Waals surface area contributed by atoms with E-state index in [0.717, 1.165) is 30.1 Å². The van der Waals surface area contributed by atoms with E-state index >= 15 is 0 Å². The van der Waals surface area contributed by atoms with Gasteiger partial charge < -0.3 is 10.2 Å². The van der Waals surface area contributed by atoms with Crippen LogP contribution in [0, 0.1) is 6.92 Å². The molecule has 2 aromatic rings. The lowest BCUT2D eigenvalue weighted by atomic mass is 9.87. The van der Waals surface area contributed by atoms with E-state index in [9.17, 15) is 4.79 Å². The number of halogens is 1. The molecule has 1 amide bonds. The number of nitrogens with zero attached hydrogens (tertiary/aromatic N) is 1. The Morgan fingerprint density at radius 3 is 2.67 bits per heavy atom. The Balaban J connectivity index is 1.73. The van der Waals surface area contributed by atoms with Crippen LogP contribution in [-0.4, -0.2) is 17.4 Å². The molecule has 0 aliphatic carbocycles. The van der Waals surface area contributed by atoms with E-state index in [1.807, 2.05) is 12.1 Å². The van der Waals surface area contributed by atoms with Crippen molar-refractivity contribution in [2.24, 2.45) is 0 Å². The number of carbonyl (C=O) groups is 1. The van der Waals surface area contributed by atoms with Crippen molar-refractivity contribution in [1.29, 1.82) is 0 Å². The largest absolute Gasteiger partial charge is 0.378 e. The molecule has 2 heterocycles. The molecular weight excluding hydrogens is 320 g/mol. The van der Waals surface area contributed by atoms with Crippen LogP contribution < -0.4 is 5.32 Å². The average molecular weight is 341 g/mol. The molecule has 0 bridgehead atoms. The van der Waals surface area contributed by atoms with Crippen molar-refractivity contribution in [3.8, 4) is 0 Å². The number of aryl methyl sites for hydroxylation is 1. The number of anilines is 1. The summed E-state index contributed by atoms with van der Waals surface area (Å²) in [5.41, 5.74) is 4.83. The van der Waals surface area contributed by atoms with Gasteiger partial charge in [0.15, 0.2) is 0 Å². The molecule has 0 spiro atoms. The van der Waals surface area contributed by atoms with E-state index in [1.165, 1.54) is 16.7 Å². The first-order valence-electron chi connectivity index (χ1n) is 8.54. The fraction of sp³-hybridized carbons (Fsp3) is 0.350. The Bertz CT molecular complexity index is 772. The Morgan fingerprint density at radius 1 is 1.17 bits per heavy atom. The van der Waals surface area contributed by atoms with Gasteiger partial charge in [0.05, 0.1) is 12.1 Å². The van der Waals surface area contributed by atoms with Crippen molar-refractivity contribution < 1.29 is 4.79 Å². The van der Waals surface area contributed by atoms with Gasteiger partial charge in [0.25, 0.3) is 0 Å². The second-order valence-corrected chi connectivity index (χ2v) is 7.22. The van der Waals surface area contributed by atoms with Crippen LogP contribution in [0.1, 0.15) is 48.0 Å². The number of benzene rings is 2. The molecule has 24 heavy (non-hydrogen) atoms. The third kappa shape index (κ3) is 2.78. The number of likely N-dealkylation sites (tertiary alicyclic amines) is 1. The maximum atomic E-state index is 12.3. The highest BCUT2D eigenvalue weighted by atomic mass is 35.5. The van der Waals surface area contributed by atoms with Crippen LogP contribution in [-0.2, 0) is 4.79 Å². The topological polar surface area (TPSA) is 32.3 Å². The Hall–Kier alpha value is -2.00. The number of carbonyl (C=O) groups excluding carboxylic acids is 1. The molecule has 0 unspecified atom stereocenters. The lowest BCUT2D eigenvalue weighted by Gasteiger charge is -2.38. The van der Waals surface area contributed by atoms with Crippen molar-refractivity contribution in [3.05, 3.63) is 64.2 Å². The maximum absolute atomic E-state index is 12.3. The number of amides is 1. The molecule has 2 aliphatic rings. The lowest BCUT2D eigenvalue weighted by molar-refractivity contribution is -0.130. The SMILES string of the molecule is Cc1ccc2c(c1)[C@@H](N1CCCC1=O)C[C@@H](c1ccc(Cl)cc1)N2. The van der Waals surface area contributed by atoms with Crippen LogP contribution >= 0.6 is 11.6 Å². The van der Waals surface area contributed by atoms with E-state index in [2.05, 4.69) is 47.5 Å². The molecule has 2 aliphatic heterocycles. The van der Waals surface area contributed by atoms with E-state index in [1.54, 1.807) is 0 Å². The Kier molecular flexibility index (Phi) is 3.97. The summed E-state index contributed by atoms with van der Waals surface area (Å²) < 4.78 is 0. The summed E-state index contributed by atoms with van der Waals surface area (Å²) in [6, 6.07) is 14.8. The molecule has 3 nitrogen and oxygen atoms in total. The fourth-order valence-electron chi connectivity index (χ4n) is 3.89. The molecule has 1 N–H and O–H groups in total. The van der Waals surface area contributed by atoms with Crippen molar-refractivity contribution in [3.63, 3.8) is 0 Å². The first-order chi connectivity index (χ1) is 11.6. The number of hydrogen-bond donors (Lipinski definition) is 1. The van der Waals surface area contributed by atoms with Crippen molar-refractivity contribution in [2.75, 3.05) is 11.9 Å². The van der Waals surface area contributed by atoms with Crippen molar-refractivity contribution >= 4 is 23.2 Å². The molecule has 0 radical (unpaired) electrons. The van der Waals surface area contributed by atoms with E-state index in [0.29, 0.717) is 6.42 Å².